The van der Waals surface area contributed by atoms with E-state index in [0.717, 1.165) is 24.3 Å². The van der Waals surface area contributed by atoms with Gasteiger partial charge in [0.15, 0.2) is 0 Å². The van der Waals surface area contributed by atoms with Crippen molar-refractivity contribution in [3.8, 4) is 6.07 Å². The molecular formula is C15H7Br2F2NO2S. The number of halogens is 4. The van der Waals surface area contributed by atoms with Crippen LogP contribution in [0.25, 0.3) is 6.08 Å². The predicted octanol–water partition coefficient (Wildman–Crippen LogP) is 4.83. The van der Waals surface area contributed by atoms with E-state index in [1.165, 1.54) is 18.2 Å². The normalized spacial score (nSPS) is 12.0. The molecule has 0 heterocycles. The van der Waals surface area contributed by atoms with Gasteiger partial charge < -0.3 is 0 Å². The number of allylic oxidation sites excluding steroid dienone is 1. The maximum atomic E-state index is 13.7. The Balaban J connectivity index is 2.65. The van der Waals surface area contributed by atoms with Gasteiger partial charge >= 0.3 is 0 Å². The van der Waals surface area contributed by atoms with Gasteiger partial charge in [-0.2, -0.15) is 5.26 Å². The van der Waals surface area contributed by atoms with Gasteiger partial charge in [0.05, 0.1) is 4.90 Å². The number of nitriles is 1. The molecule has 3 nitrogen and oxygen atoms in total. The lowest BCUT2D eigenvalue weighted by Crippen LogP contribution is -2.05. The summed E-state index contributed by atoms with van der Waals surface area (Å²) in [6, 6.07) is 8.53. The molecule has 23 heavy (non-hydrogen) atoms. The molecule has 0 radical (unpaired) electrons. The van der Waals surface area contributed by atoms with Crippen LogP contribution in [0.4, 0.5) is 8.78 Å². The topological polar surface area (TPSA) is 57.9 Å². The van der Waals surface area contributed by atoms with Gasteiger partial charge in [-0.3, -0.25) is 0 Å². The van der Waals surface area contributed by atoms with Crippen LogP contribution in [0.1, 0.15) is 5.56 Å². The number of benzene rings is 2. The highest BCUT2D eigenvalue weighted by molar-refractivity contribution is 9.11. The largest absolute Gasteiger partial charge is 0.218 e. The van der Waals surface area contributed by atoms with Gasteiger partial charge in [-0.25, -0.2) is 17.2 Å². The van der Waals surface area contributed by atoms with Crippen LogP contribution in [0, 0.1) is 23.0 Å². The Kier molecular flexibility index (Phi) is 5.34. The van der Waals surface area contributed by atoms with Crippen molar-refractivity contribution in [2.45, 2.75) is 4.90 Å². The van der Waals surface area contributed by atoms with Crippen molar-refractivity contribution in [2.75, 3.05) is 0 Å². The molecule has 118 valence electrons. The fourth-order valence-corrected chi connectivity index (χ4v) is 4.38. The van der Waals surface area contributed by atoms with E-state index in [1.807, 2.05) is 0 Å². The number of sulfone groups is 1. The van der Waals surface area contributed by atoms with Gasteiger partial charge in [-0.1, -0.05) is 15.9 Å². The van der Waals surface area contributed by atoms with Crippen molar-refractivity contribution in [1.82, 2.24) is 0 Å². The highest BCUT2D eigenvalue weighted by atomic mass is 79.9. The van der Waals surface area contributed by atoms with Crippen molar-refractivity contribution in [3.63, 3.8) is 0 Å². The van der Waals surface area contributed by atoms with Crippen LogP contribution in [0.2, 0.25) is 0 Å². The van der Waals surface area contributed by atoms with Crippen molar-refractivity contribution < 1.29 is 17.2 Å². The average Bonchev–Trinajstić information content (AvgIpc) is 2.50. The summed E-state index contributed by atoms with van der Waals surface area (Å²) in [6.07, 6.45) is 0.807. The average molecular weight is 463 g/mol. The van der Waals surface area contributed by atoms with Crippen LogP contribution < -0.4 is 0 Å². The Hall–Kier alpha value is -1.56. The molecule has 0 saturated heterocycles. The molecule has 0 aliphatic carbocycles. The zero-order valence-corrected chi connectivity index (χ0v) is 15.2. The van der Waals surface area contributed by atoms with Gasteiger partial charge in [0, 0.05) is 14.5 Å². The van der Waals surface area contributed by atoms with E-state index in [-0.39, 0.29) is 14.9 Å². The molecule has 0 unspecified atom stereocenters. The fraction of sp³-hybridized carbons (Fsp3) is 0. The summed E-state index contributed by atoms with van der Waals surface area (Å²) in [5.74, 6) is -1.57. The van der Waals surface area contributed by atoms with Crippen LogP contribution in [-0.2, 0) is 9.84 Å². The minimum absolute atomic E-state index is 0.156. The maximum Gasteiger partial charge on any atom is 0.217 e. The SMILES string of the molecule is N#C/C(=C\c1cc(F)ccc1F)S(=O)(=O)c1cc(Br)ccc1Br. The third-order valence-corrected chi connectivity index (χ3v) is 5.98. The number of nitrogens with zero attached hydrogens (tertiary/aromatic N) is 1. The molecule has 0 amide bonds. The van der Waals surface area contributed by atoms with Gasteiger partial charge in [-0.15, -0.1) is 0 Å². The van der Waals surface area contributed by atoms with Crippen LogP contribution >= 0.6 is 31.9 Å². The Morgan fingerprint density at radius 3 is 2.48 bits per heavy atom. The molecule has 0 N–H and O–H groups in total. The Morgan fingerprint density at radius 1 is 1.13 bits per heavy atom. The van der Waals surface area contributed by atoms with E-state index < -0.39 is 26.4 Å². The minimum atomic E-state index is -4.20. The zero-order valence-electron chi connectivity index (χ0n) is 11.2. The Morgan fingerprint density at radius 2 is 1.83 bits per heavy atom. The van der Waals surface area contributed by atoms with E-state index in [9.17, 15) is 17.2 Å². The number of hydrogen-bond acceptors (Lipinski definition) is 3. The number of hydrogen-bond donors (Lipinski definition) is 0. The molecular weight excluding hydrogens is 456 g/mol. The van der Waals surface area contributed by atoms with E-state index in [0.29, 0.717) is 4.47 Å². The maximum absolute atomic E-state index is 13.7. The second-order valence-electron chi connectivity index (χ2n) is 4.36. The zero-order chi connectivity index (χ0) is 17.2. The third kappa shape index (κ3) is 3.86. The molecule has 0 spiro atoms. The lowest BCUT2D eigenvalue weighted by molar-refractivity contribution is 0.597. The van der Waals surface area contributed by atoms with E-state index in [4.69, 9.17) is 5.26 Å². The lowest BCUT2D eigenvalue weighted by atomic mass is 10.2. The summed E-state index contributed by atoms with van der Waals surface area (Å²) in [7, 11) is -4.20. The highest BCUT2D eigenvalue weighted by Crippen LogP contribution is 2.30. The van der Waals surface area contributed by atoms with Gasteiger partial charge in [0.1, 0.15) is 22.6 Å². The van der Waals surface area contributed by atoms with Crippen LogP contribution in [-0.4, -0.2) is 8.42 Å². The molecule has 2 aromatic carbocycles. The first-order valence-electron chi connectivity index (χ1n) is 6.02. The minimum Gasteiger partial charge on any atom is -0.218 e. The Labute approximate surface area is 148 Å². The molecule has 0 bridgehead atoms. The van der Waals surface area contributed by atoms with Crippen molar-refractivity contribution in [1.29, 1.82) is 5.26 Å². The number of rotatable bonds is 3. The molecule has 0 atom stereocenters. The first-order chi connectivity index (χ1) is 10.8. The molecule has 0 aromatic heterocycles. The smallest absolute Gasteiger partial charge is 0.217 e. The molecule has 0 saturated carbocycles. The lowest BCUT2D eigenvalue weighted by Gasteiger charge is -2.07. The van der Waals surface area contributed by atoms with Crippen molar-refractivity contribution in [2.24, 2.45) is 0 Å². The summed E-state index contributed by atoms with van der Waals surface area (Å²) in [4.78, 5) is -0.850. The van der Waals surface area contributed by atoms with E-state index in [2.05, 4.69) is 31.9 Å². The van der Waals surface area contributed by atoms with E-state index >= 15 is 0 Å². The monoisotopic (exact) mass is 461 g/mol. The summed E-state index contributed by atoms with van der Waals surface area (Å²) in [5.41, 5.74) is -0.323. The van der Waals surface area contributed by atoms with Crippen LogP contribution in [0.3, 0.4) is 0 Å². The standard InChI is InChI=1S/C15H7Br2F2NO2S/c16-10-1-3-13(17)15(7-10)23(21,22)12(8-20)6-9-5-11(18)2-4-14(9)19/h1-7H/b12-6+. The van der Waals surface area contributed by atoms with Gasteiger partial charge in [0.2, 0.25) is 9.84 Å². The highest BCUT2D eigenvalue weighted by Gasteiger charge is 2.24. The second-order valence-corrected chi connectivity index (χ2v) is 8.02. The summed E-state index contributed by atoms with van der Waals surface area (Å²) in [5, 5.41) is 9.16. The van der Waals surface area contributed by atoms with Gasteiger partial charge in [0.25, 0.3) is 0 Å². The summed E-state index contributed by atoms with van der Waals surface area (Å²) >= 11 is 6.26. The summed E-state index contributed by atoms with van der Waals surface area (Å²) < 4.78 is 52.8. The van der Waals surface area contributed by atoms with E-state index in [1.54, 1.807) is 6.07 Å². The summed E-state index contributed by atoms with van der Waals surface area (Å²) in [6.45, 7) is 0. The quantitative estimate of drug-likeness (QED) is 0.614. The first-order valence-corrected chi connectivity index (χ1v) is 9.09. The Bertz CT molecular complexity index is 950. The molecule has 2 rings (SSSR count). The second kappa shape index (κ2) is 6.91. The first kappa shape index (κ1) is 17.8. The molecule has 0 fully saturated rings. The molecule has 0 aliphatic rings. The van der Waals surface area contributed by atoms with Crippen molar-refractivity contribution in [3.05, 3.63) is 67.4 Å². The van der Waals surface area contributed by atoms with Crippen molar-refractivity contribution >= 4 is 47.8 Å². The molecule has 8 heteroatoms. The van der Waals surface area contributed by atoms with Crippen LogP contribution in [0.5, 0.6) is 0 Å². The fourth-order valence-electron chi connectivity index (χ4n) is 1.74. The van der Waals surface area contributed by atoms with Gasteiger partial charge in [-0.05, 0) is 58.4 Å². The third-order valence-electron chi connectivity index (χ3n) is 2.83. The van der Waals surface area contributed by atoms with Crippen LogP contribution in [0.15, 0.2) is 55.1 Å². The molecule has 2 aromatic rings. The predicted molar refractivity (Wildman–Crippen MR) is 89.0 cm³/mol. The molecule has 0 aliphatic heterocycles.